The van der Waals surface area contributed by atoms with E-state index in [-0.39, 0.29) is 55.5 Å². The number of benzene rings is 4. The minimum atomic E-state index is -1.63. The number of imide groups is 1. The van der Waals surface area contributed by atoms with Crippen molar-refractivity contribution in [2.75, 3.05) is 20.3 Å². The van der Waals surface area contributed by atoms with E-state index < -0.39 is 26.0 Å². The van der Waals surface area contributed by atoms with Crippen molar-refractivity contribution < 1.29 is 37.2 Å². The van der Waals surface area contributed by atoms with Crippen LogP contribution < -0.4 is 9.47 Å². The number of hydrogen-bond acceptors (Lipinski definition) is 8. The van der Waals surface area contributed by atoms with E-state index >= 15 is 0 Å². The largest absolute Gasteiger partial charge is 0.483 e. The Morgan fingerprint density at radius 1 is 0.717 bits per heavy atom. The normalized spacial score (nSPS) is 12.6. The van der Waals surface area contributed by atoms with Crippen molar-refractivity contribution in [2.24, 2.45) is 0 Å². The lowest BCUT2D eigenvalue weighted by atomic mass is 10.0. The summed E-state index contributed by atoms with van der Waals surface area (Å²) in [5.74, 6) is -1.30. The second-order valence-corrected chi connectivity index (χ2v) is 11.7. The van der Waals surface area contributed by atoms with Gasteiger partial charge in [-0.3, -0.25) is 19.5 Å². The molecule has 6 rings (SSSR count). The predicted octanol–water partition coefficient (Wildman–Crippen LogP) is 7.23. The smallest absolute Gasteiger partial charge is 0.265 e. The zero-order valence-electron chi connectivity index (χ0n) is 24.9. The molecule has 46 heavy (non-hydrogen) atoms. The van der Waals surface area contributed by atoms with Gasteiger partial charge in [0.15, 0.2) is 18.9 Å². The number of amides is 2. The molecule has 0 spiro atoms. The van der Waals surface area contributed by atoms with Gasteiger partial charge < -0.3 is 23.3 Å². The zero-order chi connectivity index (χ0) is 31.9. The lowest BCUT2D eigenvalue weighted by Crippen LogP contribution is -2.29. The molecule has 0 N–H and O–H groups in total. The summed E-state index contributed by atoms with van der Waals surface area (Å²) in [4.78, 5) is 33.5. The summed E-state index contributed by atoms with van der Waals surface area (Å²) in [5, 5.41) is 0.471. The van der Waals surface area contributed by atoms with E-state index in [4.69, 9.17) is 23.3 Å². The highest BCUT2D eigenvalue weighted by Crippen LogP contribution is 2.47. The number of nitrogens with zero attached hydrogens (tertiary/aromatic N) is 2. The first-order valence-corrected chi connectivity index (χ1v) is 15.8. The summed E-state index contributed by atoms with van der Waals surface area (Å²) >= 11 is 0. The van der Waals surface area contributed by atoms with Gasteiger partial charge in [0.1, 0.15) is 22.6 Å². The van der Waals surface area contributed by atoms with Crippen molar-refractivity contribution in [3.05, 3.63) is 137 Å². The van der Waals surface area contributed by atoms with Crippen LogP contribution in [0.4, 0.5) is 4.39 Å². The number of carbonyl (C=O) groups excluding carboxylic acids is 2. The molecular formula is C35H30FN2O7P. The van der Waals surface area contributed by atoms with Crippen LogP contribution >= 0.6 is 8.38 Å². The molecule has 0 atom stereocenters. The summed E-state index contributed by atoms with van der Waals surface area (Å²) < 4.78 is 43.4. The van der Waals surface area contributed by atoms with E-state index in [0.29, 0.717) is 16.5 Å². The molecule has 0 saturated heterocycles. The molecule has 0 unspecified atom stereocenters. The highest BCUT2D eigenvalue weighted by Gasteiger charge is 2.43. The molecule has 0 radical (unpaired) electrons. The lowest BCUT2D eigenvalue weighted by Gasteiger charge is -2.20. The third-order valence-electron chi connectivity index (χ3n) is 7.21. The fourth-order valence-corrected chi connectivity index (χ4v) is 6.06. The Labute approximate surface area is 266 Å². The highest BCUT2D eigenvalue weighted by molar-refractivity contribution is 7.47. The quantitative estimate of drug-likeness (QED) is 0.0713. The van der Waals surface area contributed by atoms with Crippen molar-refractivity contribution in [3.8, 4) is 11.5 Å². The second-order valence-electron chi connectivity index (χ2n) is 10.3. The van der Waals surface area contributed by atoms with E-state index in [0.717, 1.165) is 16.0 Å². The number of halogens is 1. The molecular weight excluding hydrogens is 610 g/mol. The third kappa shape index (κ3) is 6.90. The topological polar surface area (TPSA) is 96.4 Å². The number of hydrogen-bond donors (Lipinski definition) is 0. The van der Waals surface area contributed by atoms with Gasteiger partial charge in [-0.2, -0.15) is 0 Å². The molecule has 9 nitrogen and oxygen atoms in total. The molecule has 2 heterocycles. The van der Waals surface area contributed by atoms with Gasteiger partial charge in [0.25, 0.3) is 11.8 Å². The summed E-state index contributed by atoms with van der Waals surface area (Å²) in [5.41, 5.74) is 2.90. The van der Waals surface area contributed by atoms with Gasteiger partial charge in [-0.05, 0) is 41.0 Å². The van der Waals surface area contributed by atoms with E-state index in [1.165, 1.54) is 31.4 Å². The van der Waals surface area contributed by atoms with E-state index in [2.05, 4.69) is 4.98 Å². The maximum Gasteiger partial charge on any atom is 0.265 e. The summed E-state index contributed by atoms with van der Waals surface area (Å²) in [6.45, 7) is 0.325. The number of carbonyl (C=O) groups is 2. The Morgan fingerprint density at radius 3 is 1.93 bits per heavy atom. The summed E-state index contributed by atoms with van der Waals surface area (Å²) in [6, 6.07) is 28.5. The maximum absolute atomic E-state index is 14.0. The SMILES string of the molecule is COCOc1c2c(c(OCP(OCc3ccccc3)OCc3ccccc3)c3cccnc13)C(=O)N(Cc1ccc(F)cc1)C2=O. The number of methoxy groups -OCH3 is 1. The van der Waals surface area contributed by atoms with Crippen LogP contribution in [0.2, 0.25) is 0 Å². The zero-order valence-corrected chi connectivity index (χ0v) is 25.8. The molecule has 4 aromatic carbocycles. The first-order valence-electron chi connectivity index (χ1n) is 14.4. The monoisotopic (exact) mass is 640 g/mol. The van der Waals surface area contributed by atoms with Crippen molar-refractivity contribution in [2.45, 2.75) is 19.8 Å². The van der Waals surface area contributed by atoms with Gasteiger partial charge in [0.2, 0.25) is 8.38 Å². The minimum Gasteiger partial charge on any atom is -0.483 e. The van der Waals surface area contributed by atoms with Crippen LogP contribution in [-0.2, 0) is 33.5 Å². The van der Waals surface area contributed by atoms with Crippen molar-refractivity contribution >= 4 is 31.1 Å². The Bertz CT molecular complexity index is 1780. The van der Waals surface area contributed by atoms with Crippen LogP contribution in [0, 0.1) is 5.82 Å². The molecule has 0 saturated carbocycles. The third-order valence-corrected chi connectivity index (χ3v) is 8.39. The average molecular weight is 641 g/mol. The molecule has 234 valence electrons. The van der Waals surface area contributed by atoms with Crippen LogP contribution in [-0.4, -0.2) is 41.9 Å². The van der Waals surface area contributed by atoms with Gasteiger partial charge in [-0.1, -0.05) is 72.8 Å². The highest BCUT2D eigenvalue weighted by atomic mass is 31.2. The lowest BCUT2D eigenvalue weighted by molar-refractivity contribution is 0.0505. The van der Waals surface area contributed by atoms with Gasteiger partial charge in [0.05, 0.1) is 25.3 Å². The van der Waals surface area contributed by atoms with Crippen molar-refractivity contribution in [1.82, 2.24) is 9.88 Å². The molecule has 1 aromatic heterocycles. The fourth-order valence-electron chi connectivity index (χ4n) is 5.01. The first-order chi connectivity index (χ1) is 22.5. The molecule has 5 aromatic rings. The standard InChI is InChI=1S/C35H30FN2O7P/c1-41-22-42-33-30-29(34(39)38(35(30)40)19-24-14-16-27(36)17-15-24)32(28-13-8-18-37-31(28)33)43-23-46(44-20-25-9-4-2-5-10-25)45-21-26-11-6-3-7-12-26/h2-18H,19-23H2,1H3. The van der Waals surface area contributed by atoms with E-state index in [9.17, 15) is 14.0 Å². The van der Waals surface area contributed by atoms with E-state index in [1.807, 2.05) is 60.7 Å². The van der Waals surface area contributed by atoms with Gasteiger partial charge in [-0.15, -0.1) is 0 Å². The van der Waals surface area contributed by atoms with Crippen LogP contribution in [0.15, 0.2) is 103 Å². The van der Waals surface area contributed by atoms with Gasteiger partial charge >= 0.3 is 0 Å². The molecule has 0 aliphatic carbocycles. The molecule has 11 heteroatoms. The Kier molecular flexibility index (Phi) is 9.91. The van der Waals surface area contributed by atoms with Crippen molar-refractivity contribution in [3.63, 3.8) is 0 Å². The molecule has 2 amide bonds. The maximum atomic E-state index is 14.0. The van der Waals surface area contributed by atoms with Crippen LogP contribution in [0.3, 0.4) is 0 Å². The number of aromatic nitrogens is 1. The second kappa shape index (κ2) is 14.6. The van der Waals surface area contributed by atoms with Gasteiger partial charge in [-0.25, -0.2) is 4.39 Å². The Morgan fingerprint density at radius 2 is 1.33 bits per heavy atom. The first kappa shape index (κ1) is 31.3. The fraction of sp³-hybridized carbons (Fsp3) is 0.171. The molecule has 0 fully saturated rings. The van der Waals surface area contributed by atoms with Crippen molar-refractivity contribution in [1.29, 1.82) is 0 Å². The van der Waals surface area contributed by atoms with Gasteiger partial charge in [0, 0.05) is 18.7 Å². The summed E-state index contributed by atoms with van der Waals surface area (Å²) in [6.07, 6.45) is 1.53. The molecule has 1 aliphatic heterocycles. The summed E-state index contributed by atoms with van der Waals surface area (Å²) in [7, 11) is -0.177. The van der Waals surface area contributed by atoms with E-state index in [1.54, 1.807) is 18.3 Å². The van der Waals surface area contributed by atoms with Crippen LogP contribution in [0.25, 0.3) is 10.9 Å². The average Bonchev–Trinajstić information content (AvgIpc) is 3.33. The molecule has 0 bridgehead atoms. The number of fused-ring (bicyclic) bond motifs is 2. The molecule has 1 aliphatic rings. The van der Waals surface area contributed by atoms with Crippen LogP contribution in [0.5, 0.6) is 11.5 Å². The Balaban J connectivity index is 1.35. The van der Waals surface area contributed by atoms with Crippen LogP contribution in [0.1, 0.15) is 37.4 Å². The number of ether oxygens (including phenoxy) is 3. The minimum absolute atomic E-state index is 0.0186. The predicted molar refractivity (Wildman–Crippen MR) is 170 cm³/mol. The number of rotatable bonds is 14. The number of pyridine rings is 1. The Hall–Kier alpha value is -4.73.